The molecule has 2 aromatic rings. The van der Waals surface area contributed by atoms with Crippen molar-refractivity contribution in [3.8, 4) is 0 Å². The lowest BCUT2D eigenvalue weighted by Crippen LogP contribution is -2.22. The highest BCUT2D eigenvalue weighted by Crippen LogP contribution is 2.38. The number of para-hydroxylation sites is 1. The average molecular weight is 286 g/mol. The molecule has 2 atom stereocenters. The van der Waals surface area contributed by atoms with Crippen molar-refractivity contribution < 1.29 is 4.42 Å². The number of benzene rings is 1. The molecule has 0 aliphatic heterocycles. The Morgan fingerprint density at radius 3 is 2.81 bits per heavy atom. The monoisotopic (exact) mass is 286 g/mol. The maximum atomic E-state index is 6.11. The normalized spacial score (nSPS) is 21.3. The van der Waals surface area contributed by atoms with E-state index in [0.29, 0.717) is 0 Å². The van der Waals surface area contributed by atoms with Crippen molar-refractivity contribution in [3.05, 3.63) is 35.6 Å². The molecule has 114 valence electrons. The first-order valence-electron chi connectivity index (χ1n) is 8.07. The lowest BCUT2D eigenvalue weighted by Gasteiger charge is -2.16. The van der Waals surface area contributed by atoms with Gasteiger partial charge in [-0.05, 0) is 37.9 Å². The average Bonchev–Trinajstić information content (AvgIpc) is 3.04. The first-order chi connectivity index (χ1) is 10.2. The third kappa shape index (κ3) is 3.30. The van der Waals surface area contributed by atoms with Gasteiger partial charge in [-0.2, -0.15) is 0 Å². The van der Waals surface area contributed by atoms with E-state index in [-0.39, 0.29) is 0 Å². The van der Waals surface area contributed by atoms with Gasteiger partial charge in [0, 0.05) is 24.0 Å². The van der Waals surface area contributed by atoms with Crippen molar-refractivity contribution in [2.75, 3.05) is 20.1 Å². The van der Waals surface area contributed by atoms with E-state index in [1.807, 2.05) is 6.07 Å². The fraction of sp³-hybridized carbons (Fsp3) is 0.556. The molecule has 1 N–H and O–H groups in total. The molecule has 0 radical (unpaired) electrons. The number of fused-ring (bicyclic) bond motifs is 1. The molecule has 3 heteroatoms. The molecule has 0 spiro atoms. The van der Waals surface area contributed by atoms with Gasteiger partial charge in [0.15, 0.2) is 0 Å². The van der Waals surface area contributed by atoms with Crippen molar-refractivity contribution in [3.63, 3.8) is 0 Å². The molecule has 0 bridgehead atoms. The molecular formula is C18H26N2O. The molecular weight excluding hydrogens is 260 g/mol. The minimum absolute atomic E-state index is 0.885. The summed E-state index contributed by atoms with van der Waals surface area (Å²) in [5.74, 6) is 2.91. The molecule has 21 heavy (non-hydrogen) atoms. The van der Waals surface area contributed by atoms with Crippen molar-refractivity contribution in [2.45, 2.75) is 33.4 Å². The smallest absolute Gasteiger partial charge is 0.134 e. The van der Waals surface area contributed by atoms with E-state index < -0.39 is 0 Å². The molecule has 1 aliphatic rings. The van der Waals surface area contributed by atoms with Crippen LogP contribution in [0.3, 0.4) is 0 Å². The Bertz CT molecular complexity index is 604. The van der Waals surface area contributed by atoms with Crippen LogP contribution in [0, 0.1) is 11.8 Å². The minimum atomic E-state index is 0.885. The van der Waals surface area contributed by atoms with Gasteiger partial charge in [-0.1, -0.05) is 32.0 Å². The third-order valence-corrected chi connectivity index (χ3v) is 4.57. The van der Waals surface area contributed by atoms with Crippen molar-refractivity contribution in [1.29, 1.82) is 0 Å². The maximum absolute atomic E-state index is 6.11. The summed E-state index contributed by atoms with van der Waals surface area (Å²) in [6.07, 6.45) is 1.38. The Morgan fingerprint density at radius 2 is 2.10 bits per heavy atom. The zero-order valence-corrected chi connectivity index (χ0v) is 13.4. The largest absolute Gasteiger partial charge is 0.459 e. The summed E-state index contributed by atoms with van der Waals surface area (Å²) in [5.41, 5.74) is 2.33. The highest BCUT2D eigenvalue weighted by molar-refractivity contribution is 5.82. The van der Waals surface area contributed by atoms with E-state index in [1.165, 1.54) is 23.9 Å². The number of furan rings is 1. The van der Waals surface area contributed by atoms with Gasteiger partial charge in [0.05, 0.1) is 6.54 Å². The summed E-state index contributed by atoms with van der Waals surface area (Å²) in [5, 5.41) is 4.69. The Labute approximate surface area is 127 Å². The zero-order valence-electron chi connectivity index (χ0n) is 13.4. The quantitative estimate of drug-likeness (QED) is 0.842. The van der Waals surface area contributed by atoms with E-state index in [9.17, 15) is 0 Å². The summed E-state index contributed by atoms with van der Waals surface area (Å²) in [7, 11) is 2.20. The minimum Gasteiger partial charge on any atom is -0.459 e. The van der Waals surface area contributed by atoms with Crippen LogP contribution in [0.15, 0.2) is 28.7 Å². The van der Waals surface area contributed by atoms with E-state index in [1.54, 1.807) is 0 Å². The standard InChI is InChI=1S/C18H26N2O/c1-4-19-10-16-15-7-5-6-8-17(15)21-18(16)12-20(3)11-14-9-13(14)2/h5-8,13-14,19H,4,9-12H2,1-3H3. The Balaban J connectivity index is 1.78. The van der Waals surface area contributed by atoms with Crippen LogP contribution in [0.1, 0.15) is 31.6 Å². The molecule has 1 aromatic carbocycles. The highest BCUT2D eigenvalue weighted by Gasteiger charge is 2.33. The van der Waals surface area contributed by atoms with Gasteiger partial charge in [-0.15, -0.1) is 0 Å². The van der Waals surface area contributed by atoms with Gasteiger partial charge in [-0.3, -0.25) is 4.90 Å². The van der Waals surface area contributed by atoms with Crippen LogP contribution in [0.2, 0.25) is 0 Å². The summed E-state index contributed by atoms with van der Waals surface area (Å²) in [6.45, 7) is 8.43. The molecule has 3 nitrogen and oxygen atoms in total. The third-order valence-electron chi connectivity index (χ3n) is 4.57. The second-order valence-electron chi connectivity index (χ2n) is 6.45. The van der Waals surface area contributed by atoms with E-state index in [2.05, 4.69) is 49.3 Å². The topological polar surface area (TPSA) is 28.4 Å². The second kappa shape index (κ2) is 6.20. The Morgan fingerprint density at radius 1 is 1.33 bits per heavy atom. The van der Waals surface area contributed by atoms with E-state index >= 15 is 0 Å². The van der Waals surface area contributed by atoms with Gasteiger partial charge in [0.2, 0.25) is 0 Å². The van der Waals surface area contributed by atoms with Gasteiger partial charge in [0.25, 0.3) is 0 Å². The van der Waals surface area contributed by atoms with Crippen LogP contribution in [-0.4, -0.2) is 25.0 Å². The van der Waals surface area contributed by atoms with Gasteiger partial charge in [0.1, 0.15) is 11.3 Å². The number of hydrogen-bond donors (Lipinski definition) is 1. The molecule has 1 fully saturated rings. The van der Waals surface area contributed by atoms with Gasteiger partial charge in [-0.25, -0.2) is 0 Å². The predicted molar refractivity (Wildman–Crippen MR) is 87.2 cm³/mol. The molecule has 2 unspecified atom stereocenters. The van der Waals surface area contributed by atoms with Crippen LogP contribution in [0.25, 0.3) is 11.0 Å². The lowest BCUT2D eigenvalue weighted by atomic mass is 10.1. The zero-order chi connectivity index (χ0) is 14.8. The SMILES string of the molecule is CCNCc1c(CN(C)CC2CC2C)oc2ccccc12. The first kappa shape index (κ1) is 14.6. The highest BCUT2D eigenvalue weighted by atomic mass is 16.3. The molecule has 1 saturated carbocycles. The van der Waals surface area contributed by atoms with Crippen LogP contribution < -0.4 is 5.32 Å². The van der Waals surface area contributed by atoms with Crippen LogP contribution in [0.5, 0.6) is 0 Å². The summed E-state index contributed by atoms with van der Waals surface area (Å²) >= 11 is 0. The van der Waals surface area contributed by atoms with Crippen LogP contribution in [-0.2, 0) is 13.1 Å². The lowest BCUT2D eigenvalue weighted by molar-refractivity contribution is 0.282. The molecule has 1 aliphatic carbocycles. The first-order valence-corrected chi connectivity index (χ1v) is 8.07. The Hall–Kier alpha value is -1.32. The number of nitrogens with one attached hydrogen (secondary N) is 1. The molecule has 0 amide bonds. The van der Waals surface area contributed by atoms with Gasteiger partial charge < -0.3 is 9.73 Å². The van der Waals surface area contributed by atoms with Crippen molar-refractivity contribution in [2.24, 2.45) is 11.8 Å². The van der Waals surface area contributed by atoms with E-state index in [4.69, 9.17) is 4.42 Å². The fourth-order valence-corrected chi connectivity index (χ4v) is 3.08. The van der Waals surface area contributed by atoms with Gasteiger partial charge >= 0.3 is 0 Å². The fourth-order valence-electron chi connectivity index (χ4n) is 3.08. The summed E-state index contributed by atoms with van der Waals surface area (Å²) < 4.78 is 6.11. The number of hydrogen-bond acceptors (Lipinski definition) is 3. The van der Waals surface area contributed by atoms with Crippen molar-refractivity contribution >= 4 is 11.0 Å². The summed E-state index contributed by atoms with van der Waals surface area (Å²) in [4.78, 5) is 2.40. The molecule has 1 aromatic heterocycles. The number of nitrogens with zero attached hydrogens (tertiary/aromatic N) is 1. The molecule has 0 saturated heterocycles. The predicted octanol–water partition coefficient (Wildman–Crippen LogP) is 3.63. The molecule has 1 heterocycles. The van der Waals surface area contributed by atoms with Crippen molar-refractivity contribution in [1.82, 2.24) is 10.2 Å². The number of rotatable bonds is 7. The maximum Gasteiger partial charge on any atom is 0.134 e. The second-order valence-corrected chi connectivity index (χ2v) is 6.45. The Kier molecular flexibility index (Phi) is 4.32. The van der Waals surface area contributed by atoms with E-state index in [0.717, 1.165) is 42.8 Å². The summed E-state index contributed by atoms with van der Waals surface area (Å²) in [6, 6.07) is 8.37. The molecule has 3 rings (SSSR count). The van der Waals surface area contributed by atoms with Crippen LogP contribution in [0.4, 0.5) is 0 Å². The van der Waals surface area contributed by atoms with Crippen LogP contribution >= 0.6 is 0 Å².